The van der Waals surface area contributed by atoms with E-state index in [1.54, 1.807) is 27.7 Å². The number of hydrogen-bond donors (Lipinski definition) is 2. The molecule has 0 aliphatic heterocycles. The third kappa shape index (κ3) is 14.9. The van der Waals surface area contributed by atoms with Crippen molar-refractivity contribution in [3.63, 3.8) is 0 Å². The van der Waals surface area contributed by atoms with Crippen LogP contribution in [-0.4, -0.2) is 78.2 Å². The quantitative estimate of drug-likeness (QED) is 0.237. The fourth-order valence-corrected chi connectivity index (χ4v) is 4.34. The third-order valence-electron chi connectivity index (χ3n) is 5.09. The molecule has 3 amide bonds. The minimum absolute atomic E-state index is 0.216. The highest BCUT2D eigenvalue weighted by atomic mass is 32.2. The summed E-state index contributed by atoms with van der Waals surface area (Å²) in [7, 11) is 1.24. The van der Waals surface area contributed by atoms with Crippen LogP contribution >= 0.6 is 11.8 Å². The summed E-state index contributed by atoms with van der Waals surface area (Å²) >= 11 is 1.84. The number of amides is 3. The maximum Gasteiger partial charge on any atom is 0.408 e. The van der Waals surface area contributed by atoms with Crippen molar-refractivity contribution in [2.24, 2.45) is 5.92 Å². The molecule has 10 heteroatoms. The second-order valence-electron chi connectivity index (χ2n) is 9.91. The van der Waals surface area contributed by atoms with Gasteiger partial charge in [0.2, 0.25) is 11.8 Å². The molecule has 204 valence electrons. The van der Waals surface area contributed by atoms with Gasteiger partial charge in [-0.1, -0.05) is 40.0 Å². The van der Waals surface area contributed by atoms with Gasteiger partial charge in [0, 0.05) is 6.54 Å². The Morgan fingerprint density at radius 3 is 2.14 bits per heavy atom. The van der Waals surface area contributed by atoms with E-state index in [9.17, 15) is 19.2 Å². The summed E-state index contributed by atoms with van der Waals surface area (Å²) in [6.07, 6.45) is 4.84. The highest BCUT2D eigenvalue weighted by Crippen LogP contribution is 2.16. The Morgan fingerprint density at radius 2 is 1.60 bits per heavy atom. The molecule has 0 aromatic carbocycles. The van der Waals surface area contributed by atoms with Gasteiger partial charge in [0.1, 0.15) is 24.2 Å². The van der Waals surface area contributed by atoms with E-state index in [1.165, 1.54) is 37.7 Å². The zero-order chi connectivity index (χ0) is 27.0. The molecule has 0 aliphatic rings. The topological polar surface area (TPSA) is 114 Å². The van der Waals surface area contributed by atoms with Crippen LogP contribution in [0.15, 0.2) is 0 Å². The average Bonchev–Trinajstić information content (AvgIpc) is 2.75. The Bertz CT molecular complexity index is 666. The predicted molar refractivity (Wildman–Crippen MR) is 140 cm³/mol. The monoisotopic (exact) mass is 517 g/mol. The lowest BCUT2D eigenvalue weighted by Gasteiger charge is -2.35. The number of hydrogen-bond acceptors (Lipinski definition) is 7. The van der Waals surface area contributed by atoms with Crippen LogP contribution in [0.5, 0.6) is 0 Å². The molecular weight excluding hydrogens is 470 g/mol. The van der Waals surface area contributed by atoms with Crippen molar-refractivity contribution in [2.45, 2.75) is 98.3 Å². The minimum atomic E-state index is -0.888. The molecule has 1 unspecified atom stereocenters. The molecule has 0 aromatic heterocycles. The van der Waals surface area contributed by atoms with Gasteiger partial charge in [-0.2, -0.15) is 11.8 Å². The van der Waals surface area contributed by atoms with Crippen molar-refractivity contribution in [1.82, 2.24) is 15.5 Å². The number of carbonyl (C=O) groups is 4. The molecule has 2 atom stereocenters. The summed E-state index contributed by atoms with van der Waals surface area (Å²) in [4.78, 5) is 51.6. The summed E-state index contributed by atoms with van der Waals surface area (Å²) < 4.78 is 9.87. The molecular formula is C25H47N3O6S. The first kappa shape index (κ1) is 33.0. The Kier molecular flexibility index (Phi) is 16.5. The van der Waals surface area contributed by atoms with E-state index in [-0.39, 0.29) is 18.4 Å². The summed E-state index contributed by atoms with van der Waals surface area (Å²) in [6, 6.07) is -1.69. The van der Waals surface area contributed by atoms with Crippen molar-refractivity contribution in [2.75, 3.05) is 31.7 Å². The molecule has 0 aliphatic carbocycles. The van der Waals surface area contributed by atoms with Crippen molar-refractivity contribution >= 4 is 35.6 Å². The number of esters is 1. The van der Waals surface area contributed by atoms with Crippen molar-refractivity contribution < 1.29 is 28.7 Å². The summed E-state index contributed by atoms with van der Waals surface area (Å²) in [6.45, 7) is 12.8. The van der Waals surface area contributed by atoms with Gasteiger partial charge in [0.05, 0.1) is 7.11 Å². The van der Waals surface area contributed by atoms with Crippen LogP contribution in [0.2, 0.25) is 0 Å². The lowest BCUT2D eigenvalue weighted by molar-refractivity contribution is -0.145. The number of nitrogens with one attached hydrogen (secondary N) is 2. The SMILES string of the molecule is CCCCCCSCCCN(C(=O)[C@H](C)NC(=O)OC(C)(C)C)C(C(=O)NCC(=O)OC)C(C)C. The zero-order valence-electron chi connectivity index (χ0n) is 22.9. The smallest absolute Gasteiger partial charge is 0.408 e. The molecule has 2 N–H and O–H groups in total. The van der Waals surface area contributed by atoms with E-state index in [2.05, 4.69) is 22.3 Å². The number of unbranched alkanes of at least 4 members (excludes halogenated alkanes) is 3. The number of rotatable bonds is 16. The number of ether oxygens (including phenoxy) is 2. The first-order valence-corrected chi connectivity index (χ1v) is 13.7. The molecule has 0 bridgehead atoms. The van der Waals surface area contributed by atoms with E-state index in [0.29, 0.717) is 13.0 Å². The molecule has 35 heavy (non-hydrogen) atoms. The average molecular weight is 518 g/mol. The molecule has 9 nitrogen and oxygen atoms in total. The maximum absolute atomic E-state index is 13.4. The van der Waals surface area contributed by atoms with E-state index in [1.807, 2.05) is 25.6 Å². The molecule has 0 saturated carbocycles. The molecule has 0 rings (SSSR count). The van der Waals surface area contributed by atoms with Crippen LogP contribution in [0.3, 0.4) is 0 Å². The van der Waals surface area contributed by atoms with Gasteiger partial charge < -0.3 is 25.0 Å². The third-order valence-corrected chi connectivity index (χ3v) is 6.24. The molecule has 0 spiro atoms. The van der Waals surface area contributed by atoms with Gasteiger partial charge in [-0.25, -0.2) is 4.79 Å². The Hall–Kier alpha value is -1.97. The van der Waals surface area contributed by atoms with Gasteiger partial charge >= 0.3 is 12.1 Å². The van der Waals surface area contributed by atoms with Crippen LogP contribution in [0.1, 0.15) is 80.6 Å². The van der Waals surface area contributed by atoms with Crippen molar-refractivity contribution in [3.8, 4) is 0 Å². The van der Waals surface area contributed by atoms with Crippen molar-refractivity contribution in [3.05, 3.63) is 0 Å². The number of alkyl carbamates (subject to hydrolysis) is 1. The lowest BCUT2D eigenvalue weighted by Crippen LogP contribution is -2.57. The lowest BCUT2D eigenvalue weighted by atomic mass is 10.00. The van der Waals surface area contributed by atoms with Crippen LogP contribution in [0, 0.1) is 5.92 Å². The summed E-state index contributed by atoms with van der Waals surface area (Å²) in [5.41, 5.74) is -0.699. The largest absolute Gasteiger partial charge is 0.468 e. The number of carbonyl (C=O) groups excluding carboxylic acids is 4. The number of thioether (sulfide) groups is 1. The Balaban J connectivity index is 5.36. The van der Waals surface area contributed by atoms with Gasteiger partial charge in [0.15, 0.2) is 0 Å². The molecule has 0 heterocycles. The summed E-state index contributed by atoms with van der Waals surface area (Å²) in [5.74, 6) is 0.326. The fraction of sp³-hybridized carbons (Fsp3) is 0.840. The summed E-state index contributed by atoms with van der Waals surface area (Å²) in [5, 5.41) is 5.14. The molecule has 0 aromatic rings. The first-order chi connectivity index (χ1) is 16.3. The fourth-order valence-electron chi connectivity index (χ4n) is 3.39. The molecule has 0 radical (unpaired) electrons. The Morgan fingerprint density at radius 1 is 0.971 bits per heavy atom. The van der Waals surface area contributed by atoms with Crippen LogP contribution < -0.4 is 10.6 Å². The van der Waals surface area contributed by atoms with Gasteiger partial charge in [-0.15, -0.1) is 0 Å². The highest BCUT2D eigenvalue weighted by Gasteiger charge is 2.35. The number of methoxy groups -OCH3 is 1. The van der Waals surface area contributed by atoms with E-state index in [0.717, 1.165) is 11.5 Å². The predicted octanol–water partition coefficient (Wildman–Crippen LogP) is 3.75. The first-order valence-electron chi connectivity index (χ1n) is 12.6. The van der Waals surface area contributed by atoms with Gasteiger partial charge in [0.25, 0.3) is 0 Å². The van der Waals surface area contributed by atoms with E-state index >= 15 is 0 Å². The second kappa shape index (κ2) is 17.5. The van der Waals surface area contributed by atoms with Crippen LogP contribution in [0.4, 0.5) is 4.79 Å². The van der Waals surface area contributed by atoms with Crippen molar-refractivity contribution in [1.29, 1.82) is 0 Å². The van der Waals surface area contributed by atoms with E-state index in [4.69, 9.17) is 4.74 Å². The number of nitrogens with zero attached hydrogens (tertiary/aromatic N) is 1. The second-order valence-corrected chi connectivity index (χ2v) is 11.1. The Labute approximate surface area is 215 Å². The highest BCUT2D eigenvalue weighted by molar-refractivity contribution is 7.99. The van der Waals surface area contributed by atoms with Crippen LogP contribution in [0.25, 0.3) is 0 Å². The molecule has 0 fully saturated rings. The molecule has 0 saturated heterocycles. The maximum atomic E-state index is 13.4. The van der Waals surface area contributed by atoms with E-state index < -0.39 is 35.7 Å². The van der Waals surface area contributed by atoms with Gasteiger partial charge in [-0.05, 0) is 58.0 Å². The van der Waals surface area contributed by atoms with Gasteiger partial charge in [-0.3, -0.25) is 14.4 Å². The van der Waals surface area contributed by atoms with Crippen LogP contribution in [-0.2, 0) is 23.9 Å². The minimum Gasteiger partial charge on any atom is -0.468 e. The zero-order valence-corrected chi connectivity index (χ0v) is 23.7. The standard InChI is InChI=1S/C25H47N3O6S/c1-9-10-11-12-15-35-16-13-14-28(21(18(2)3)22(30)26-17-20(29)33-8)23(31)19(4)27-24(32)34-25(5,6)7/h18-19,21H,9-17H2,1-8H3,(H,26,30)(H,27,32)/t19-,21?/m0/s1. The normalized spacial score (nSPS) is 13.1.